The van der Waals surface area contributed by atoms with Crippen LogP contribution in [-0.2, 0) is 0 Å². The summed E-state index contributed by atoms with van der Waals surface area (Å²) in [7, 11) is 0. The molecule has 0 radical (unpaired) electrons. The fourth-order valence-electron chi connectivity index (χ4n) is 1.78. The van der Waals surface area contributed by atoms with Crippen LogP contribution >= 0.6 is 23.5 Å². The highest BCUT2D eigenvalue weighted by molar-refractivity contribution is 8.06. The Hall–Kier alpha value is -0.950. The van der Waals surface area contributed by atoms with Crippen molar-refractivity contribution in [3.8, 4) is 0 Å². The van der Waals surface area contributed by atoms with Crippen molar-refractivity contribution in [1.82, 2.24) is 4.98 Å². The number of pyridine rings is 1. The molecule has 1 aromatic rings. The standard InChI is InChI=1S/C11H15N3O2S2/c1-8-2-3-12-11(10(8)14(15)16)13-6-9-7-17-4-5-18-9/h2-3,9H,4-7H2,1H3,(H,12,13). The first kappa shape index (κ1) is 13.5. The molecule has 1 aromatic heterocycles. The number of nitrogens with one attached hydrogen (secondary N) is 1. The first-order valence-corrected chi connectivity index (χ1v) is 7.92. The van der Waals surface area contributed by atoms with E-state index in [1.807, 2.05) is 23.5 Å². The molecular weight excluding hydrogens is 270 g/mol. The molecule has 7 heteroatoms. The van der Waals surface area contributed by atoms with Gasteiger partial charge >= 0.3 is 5.69 Å². The van der Waals surface area contributed by atoms with E-state index in [2.05, 4.69) is 10.3 Å². The van der Waals surface area contributed by atoms with Crippen molar-refractivity contribution < 1.29 is 4.92 Å². The van der Waals surface area contributed by atoms with E-state index in [9.17, 15) is 10.1 Å². The average Bonchev–Trinajstić information content (AvgIpc) is 2.37. The summed E-state index contributed by atoms with van der Waals surface area (Å²) in [6, 6.07) is 1.66. The molecule has 1 fully saturated rings. The third-order valence-corrected chi connectivity index (χ3v) is 5.54. The molecule has 1 N–H and O–H groups in total. The number of nitrogens with zero attached hydrogens (tertiary/aromatic N) is 2. The van der Waals surface area contributed by atoms with Gasteiger partial charge in [-0.2, -0.15) is 23.5 Å². The highest BCUT2D eigenvalue weighted by atomic mass is 32.2. The largest absolute Gasteiger partial charge is 0.363 e. The van der Waals surface area contributed by atoms with E-state index < -0.39 is 0 Å². The van der Waals surface area contributed by atoms with Crippen molar-refractivity contribution in [2.24, 2.45) is 0 Å². The molecule has 18 heavy (non-hydrogen) atoms. The van der Waals surface area contributed by atoms with Gasteiger partial charge in [-0.3, -0.25) is 10.1 Å². The van der Waals surface area contributed by atoms with Crippen LogP contribution in [0.5, 0.6) is 0 Å². The third kappa shape index (κ3) is 3.29. The summed E-state index contributed by atoms with van der Waals surface area (Å²) in [6.07, 6.45) is 1.60. The number of anilines is 1. The second kappa shape index (κ2) is 6.29. The van der Waals surface area contributed by atoms with E-state index in [1.54, 1.807) is 19.2 Å². The van der Waals surface area contributed by atoms with Gasteiger partial charge in [0.1, 0.15) is 0 Å². The van der Waals surface area contributed by atoms with Crippen LogP contribution in [0.3, 0.4) is 0 Å². The maximum Gasteiger partial charge on any atom is 0.314 e. The lowest BCUT2D eigenvalue weighted by molar-refractivity contribution is -0.384. The fourth-order valence-corrected chi connectivity index (χ4v) is 4.39. The van der Waals surface area contributed by atoms with Gasteiger partial charge in [0, 0.05) is 40.8 Å². The minimum Gasteiger partial charge on any atom is -0.363 e. The Morgan fingerprint density at radius 1 is 1.61 bits per heavy atom. The first-order valence-electron chi connectivity index (χ1n) is 5.71. The maximum absolute atomic E-state index is 11.0. The second-order valence-corrected chi connectivity index (χ2v) is 6.59. The molecular formula is C11H15N3O2S2. The number of hydrogen-bond acceptors (Lipinski definition) is 6. The lowest BCUT2D eigenvalue weighted by Gasteiger charge is -2.21. The highest BCUT2D eigenvalue weighted by Crippen LogP contribution is 2.28. The van der Waals surface area contributed by atoms with Crippen LogP contribution in [0.4, 0.5) is 11.5 Å². The number of aryl methyl sites for hydroxylation is 1. The summed E-state index contributed by atoms with van der Waals surface area (Å²) in [6.45, 7) is 2.46. The predicted octanol–water partition coefficient (Wildman–Crippen LogP) is 2.56. The zero-order valence-electron chi connectivity index (χ0n) is 10.1. The number of hydrogen-bond donors (Lipinski definition) is 1. The minimum atomic E-state index is -0.368. The maximum atomic E-state index is 11.0. The van der Waals surface area contributed by atoms with Gasteiger partial charge in [0.2, 0.25) is 5.82 Å². The molecule has 98 valence electrons. The quantitative estimate of drug-likeness (QED) is 0.677. The number of rotatable bonds is 4. The summed E-state index contributed by atoms with van der Waals surface area (Å²) >= 11 is 3.86. The average molecular weight is 285 g/mol. The molecule has 1 unspecified atom stereocenters. The van der Waals surface area contributed by atoms with E-state index in [-0.39, 0.29) is 10.6 Å². The molecule has 1 saturated heterocycles. The molecule has 0 spiro atoms. The predicted molar refractivity (Wildman–Crippen MR) is 77.7 cm³/mol. The summed E-state index contributed by atoms with van der Waals surface area (Å²) in [5.74, 6) is 3.83. The monoisotopic (exact) mass is 285 g/mol. The van der Waals surface area contributed by atoms with Crippen LogP contribution < -0.4 is 5.32 Å². The lowest BCUT2D eigenvalue weighted by atomic mass is 10.2. The molecule has 1 aliphatic heterocycles. The Morgan fingerprint density at radius 3 is 3.11 bits per heavy atom. The van der Waals surface area contributed by atoms with Gasteiger partial charge in [-0.15, -0.1) is 0 Å². The van der Waals surface area contributed by atoms with E-state index in [4.69, 9.17) is 0 Å². The fraction of sp³-hybridized carbons (Fsp3) is 0.545. The van der Waals surface area contributed by atoms with Gasteiger partial charge in [-0.1, -0.05) is 0 Å². The molecule has 0 aromatic carbocycles. The smallest absolute Gasteiger partial charge is 0.314 e. The van der Waals surface area contributed by atoms with E-state index in [0.29, 0.717) is 16.6 Å². The normalized spacial score (nSPS) is 19.5. The second-order valence-electron chi connectivity index (χ2n) is 4.03. The lowest BCUT2D eigenvalue weighted by Crippen LogP contribution is -2.23. The number of nitro groups is 1. The summed E-state index contributed by atoms with van der Waals surface area (Å²) in [5, 5.41) is 14.6. The highest BCUT2D eigenvalue weighted by Gasteiger charge is 2.20. The van der Waals surface area contributed by atoms with Crippen molar-refractivity contribution in [2.75, 3.05) is 29.1 Å². The Bertz CT molecular complexity index is 436. The topological polar surface area (TPSA) is 68.1 Å². The SMILES string of the molecule is Cc1ccnc(NCC2CSCCS2)c1[N+](=O)[O-]. The molecule has 1 atom stereocenters. The third-order valence-electron chi connectivity index (χ3n) is 2.69. The van der Waals surface area contributed by atoms with Crippen LogP contribution in [-0.4, -0.2) is 39.0 Å². The van der Waals surface area contributed by atoms with Crippen molar-refractivity contribution in [2.45, 2.75) is 12.2 Å². The molecule has 1 aliphatic rings. The number of aromatic nitrogens is 1. The Labute approximate surface area is 114 Å². The molecule has 5 nitrogen and oxygen atoms in total. The Balaban J connectivity index is 2.04. The van der Waals surface area contributed by atoms with Crippen molar-refractivity contribution in [3.05, 3.63) is 27.9 Å². The molecule has 2 heterocycles. The summed E-state index contributed by atoms with van der Waals surface area (Å²) in [4.78, 5) is 14.7. The van der Waals surface area contributed by atoms with Crippen LogP contribution in [0, 0.1) is 17.0 Å². The van der Waals surface area contributed by atoms with Gasteiger partial charge < -0.3 is 5.32 Å². The van der Waals surface area contributed by atoms with Crippen LogP contribution in [0.25, 0.3) is 0 Å². The summed E-state index contributed by atoms with van der Waals surface area (Å²) in [5.41, 5.74) is 0.731. The zero-order valence-corrected chi connectivity index (χ0v) is 11.7. The van der Waals surface area contributed by atoms with Crippen molar-refractivity contribution >= 4 is 35.0 Å². The van der Waals surface area contributed by atoms with Gasteiger partial charge in [0.15, 0.2) is 0 Å². The van der Waals surface area contributed by atoms with E-state index in [1.165, 1.54) is 5.75 Å². The van der Waals surface area contributed by atoms with Crippen molar-refractivity contribution in [3.63, 3.8) is 0 Å². The van der Waals surface area contributed by atoms with Crippen LogP contribution in [0.15, 0.2) is 12.3 Å². The summed E-state index contributed by atoms with van der Waals surface area (Å²) < 4.78 is 0. The van der Waals surface area contributed by atoms with Gasteiger partial charge in [0.25, 0.3) is 0 Å². The number of thioether (sulfide) groups is 2. The van der Waals surface area contributed by atoms with Gasteiger partial charge in [-0.25, -0.2) is 4.98 Å². The van der Waals surface area contributed by atoms with Gasteiger partial charge in [-0.05, 0) is 13.0 Å². The van der Waals surface area contributed by atoms with E-state index in [0.717, 1.165) is 18.1 Å². The molecule has 0 bridgehead atoms. The first-order chi connectivity index (χ1) is 8.68. The van der Waals surface area contributed by atoms with Crippen LogP contribution in [0.1, 0.15) is 5.56 Å². The molecule has 2 rings (SSSR count). The van der Waals surface area contributed by atoms with Crippen molar-refractivity contribution in [1.29, 1.82) is 0 Å². The Kier molecular flexibility index (Phi) is 4.71. The molecule has 0 saturated carbocycles. The molecule has 0 amide bonds. The van der Waals surface area contributed by atoms with Gasteiger partial charge in [0.05, 0.1) is 4.92 Å². The molecule has 0 aliphatic carbocycles. The van der Waals surface area contributed by atoms with E-state index >= 15 is 0 Å². The Morgan fingerprint density at radius 2 is 2.44 bits per heavy atom. The van der Waals surface area contributed by atoms with Crippen LogP contribution in [0.2, 0.25) is 0 Å². The minimum absolute atomic E-state index is 0.0889. The zero-order chi connectivity index (χ0) is 13.0.